The van der Waals surface area contributed by atoms with E-state index in [0.717, 1.165) is 11.1 Å². The molecule has 0 aliphatic heterocycles. The first-order valence-corrected chi connectivity index (χ1v) is 6.30. The van der Waals surface area contributed by atoms with Crippen molar-refractivity contribution in [3.8, 4) is 0 Å². The van der Waals surface area contributed by atoms with Crippen LogP contribution in [0.4, 0.5) is 11.4 Å². The van der Waals surface area contributed by atoms with Gasteiger partial charge in [-0.25, -0.2) is 0 Å². The summed E-state index contributed by atoms with van der Waals surface area (Å²) in [6.07, 6.45) is 0. The third kappa shape index (κ3) is 3.68. The third-order valence-electron chi connectivity index (χ3n) is 2.83. The quantitative estimate of drug-likeness (QED) is 0.823. The van der Waals surface area contributed by atoms with Gasteiger partial charge in [-0.05, 0) is 38.1 Å². The van der Waals surface area contributed by atoms with E-state index in [1.807, 2.05) is 38.1 Å². The van der Waals surface area contributed by atoms with Crippen molar-refractivity contribution in [3.63, 3.8) is 0 Å². The van der Waals surface area contributed by atoms with Gasteiger partial charge in [0.15, 0.2) is 0 Å². The van der Waals surface area contributed by atoms with Crippen LogP contribution in [-0.4, -0.2) is 11.8 Å². The number of hydrogen-bond acceptors (Lipinski definition) is 2. The first kappa shape index (κ1) is 13.8. The molecule has 20 heavy (non-hydrogen) atoms. The number of hydrogen-bond donors (Lipinski definition) is 2. The number of benzene rings is 2. The highest BCUT2D eigenvalue weighted by Crippen LogP contribution is 2.10. The Hall–Kier alpha value is -2.62. The van der Waals surface area contributed by atoms with Gasteiger partial charge in [0.05, 0.1) is 0 Å². The SMILES string of the molecule is Cc1ccc(NC(=O)C(=O)Nc2ccc(C)cc2)cc1. The lowest BCUT2D eigenvalue weighted by atomic mass is 10.2. The smallest absolute Gasteiger partial charge is 0.314 e. The summed E-state index contributed by atoms with van der Waals surface area (Å²) in [4.78, 5) is 23.5. The van der Waals surface area contributed by atoms with E-state index in [1.54, 1.807) is 24.3 Å². The molecular formula is C16H16N2O2. The average molecular weight is 268 g/mol. The highest BCUT2D eigenvalue weighted by atomic mass is 16.2. The minimum atomic E-state index is -0.686. The highest BCUT2D eigenvalue weighted by Gasteiger charge is 2.13. The zero-order valence-electron chi connectivity index (χ0n) is 11.4. The normalized spacial score (nSPS) is 9.90. The van der Waals surface area contributed by atoms with Gasteiger partial charge in [-0.3, -0.25) is 9.59 Å². The van der Waals surface area contributed by atoms with Gasteiger partial charge >= 0.3 is 11.8 Å². The Morgan fingerprint density at radius 1 is 0.650 bits per heavy atom. The van der Waals surface area contributed by atoms with Crippen molar-refractivity contribution in [2.45, 2.75) is 13.8 Å². The minimum absolute atomic E-state index is 0.597. The molecule has 0 heterocycles. The molecule has 2 aromatic rings. The number of carbonyl (C=O) groups excluding carboxylic acids is 2. The maximum atomic E-state index is 11.7. The molecule has 2 N–H and O–H groups in total. The molecule has 0 saturated heterocycles. The standard InChI is InChI=1S/C16H16N2O2/c1-11-3-7-13(8-4-11)17-15(19)16(20)18-14-9-5-12(2)6-10-14/h3-10H,1-2H3,(H,17,19)(H,18,20). The molecule has 2 aromatic carbocycles. The van der Waals surface area contributed by atoms with Gasteiger partial charge in [-0.15, -0.1) is 0 Å². The Morgan fingerprint density at radius 3 is 1.25 bits per heavy atom. The predicted molar refractivity (Wildman–Crippen MR) is 79.6 cm³/mol. The molecule has 0 bridgehead atoms. The summed E-state index contributed by atoms with van der Waals surface area (Å²) in [6.45, 7) is 3.91. The van der Waals surface area contributed by atoms with Crippen molar-refractivity contribution in [1.82, 2.24) is 0 Å². The molecule has 0 aromatic heterocycles. The molecule has 4 nitrogen and oxygen atoms in total. The number of carbonyl (C=O) groups is 2. The largest absolute Gasteiger partial charge is 0.318 e. The Labute approximate surface area is 117 Å². The minimum Gasteiger partial charge on any atom is -0.318 e. The summed E-state index contributed by atoms with van der Waals surface area (Å²) in [6, 6.07) is 14.5. The van der Waals surface area contributed by atoms with Gasteiger partial charge in [-0.1, -0.05) is 35.4 Å². The van der Waals surface area contributed by atoms with Gasteiger partial charge in [0.2, 0.25) is 0 Å². The van der Waals surface area contributed by atoms with E-state index in [0.29, 0.717) is 11.4 Å². The summed E-state index contributed by atoms with van der Waals surface area (Å²) in [5.74, 6) is -1.37. The fourth-order valence-electron chi connectivity index (χ4n) is 1.65. The molecule has 2 rings (SSSR count). The van der Waals surface area contributed by atoms with E-state index in [9.17, 15) is 9.59 Å². The van der Waals surface area contributed by atoms with Crippen LogP contribution >= 0.6 is 0 Å². The van der Waals surface area contributed by atoms with Crippen LogP contribution in [0, 0.1) is 13.8 Å². The second kappa shape index (κ2) is 6.02. The molecule has 0 fully saturated rings. The molecule has 0 aliphatic carbocycles. The van der Waals surface area contributed by atoms with Gasteiger partial charge in [0.1, 0.15) is 0 Å². The van der Waals surface area contributed by atoms with Crippen LogP contribution in [0.2, 0.25) is 0 Å². The molecule has 0 radical (unpaired) electrons. The molecule has 102 valence electrons. The summed E-state index contributed by atoms with van der Waals surface area (Å²) in [5, 5.41) is 5.10. The van der Waals surface area contributed by atoms with Crippen LogP contribution in [-0.2, 0) is 9.59 Å². The Kier molecular flexibility index (Phi) is 4.15. The summed E-state index contributed by atoms with van der Waals surface area (Å²) in [7, 11) is 0. The summed E-state index contributed by atoms with van der Waals surface area (Å²) < 4.78 is 0. The molecule has 0 unspecified atom stereocenters. The monoisotopic (exact) mass is 268 g/mol. The number of anilines is 2. The van der Waals surface area contributed by atoms with E-state index in [4.69, 9.17) is 0 Å². The average Bonchev–Trinajstić information content (AvgIpc) is 2.44. The molecule has 0 spiro atoms. The first-order chi connectivity index (χ1) is 9.54. The fraction of sp³-hybridized carbons (Fsp3) is 0.125. The maximum Gasteiger partial charge on any atom is 0.314 e. The second-order valence-corrected chi connectivity index (χ2v) is 4.64. The molecule has 2 amide bonds. The van der Waals surface area contributed by atoms with Crippen molar-refractivity contribution in [2.24, 2.45) is 0 Å². The lowest BCUT2D eigenvalue weighted by Gasteiger charge is -2.07. The lowest BCUT2D eigenvalue weighted by Crippen LogP contribution is -2.29. The molecule has 4 heteroatoms. The van der Waals surface area contributed by atoms with E-state index in [1.165, 1.54) is 0 Å². The zero-order chi connectivity index (χ0) is 14.5. The van der Waals surface area contributed by atoms with Gasteiger partial charge in [0, 0.05) is 11.4 Å². The highest BCUT2D eigenvalue weighted by molar-refractivity contribution is 6.43. The van der Waals surface area contributed by atoms with Crippen LogP contribution in [0.5, 0.6) is 0 Å². The summed E-state index contributed by atoms with van der Waals surface area (Å²) >= 11 is 0. The van der Waals surface area contributed by atoms with E-state index < -0.39 is 11.8 Å². The molecular weight excluding hydrogens is 252 g/mol. The molecule has 0 saturated carbocycles. The van der Waals surface area contributed by atoms with Crippen LogP contribution in [0.15, 0.2) is 48.5 Å². The van der Waals surface area contributed by atoms with E-state index >= 15 is 0 Å². The molecule has 0 aliphatic rings. The number of rotatable bonds is 2. The van der Waals surface area contributed by atoms with Gasteiger partial charge in [0.25, 0.3) is 0 Å². The second-order valence-electron chi connectivity index (χ2n) is 4.64. The topological polar surface area (TPSA) is 58.2 Å². The number of nitrogens with one attached hydrogen (secondary N) is 2. The van der Waals surface area contributed by atoms with Gasteiger partial charge < -0.3 is 10.6 Å². The maximum absolute atomic E-state index is 11.7. The Balaban J connectivity index is 1.96. The van der Waals surface area contributed by atoms with Crippen LogP contribution in [0.25, 0.3) is 0 Å². The number of amides is 2. The molecule has 0 atom stereocenters. The van der Waals surface area contributed by atoms with Crippen LogP contribution in [0.1, 0.15) is 11.1 Å². The van der Waals surface area contributed by atoms with Crippen molar-refractivity contribution in [3.05, 3.63) is 59.7 Å². The first-order valence-electron chi connectivity index (χ1n) is 6.30. The number of aryl methyl sites for hydroxylation is 2. The Bertz CT molecular complexity index is 558. The fourth-order valence-corrected chi connectivity index (χ4v) is 1.65. The lowest BCUT2D eigenvalue weighted by molar-refractivity contribution is -0.132. The van der Waals surface area contributed by atoms with Crippen LogP contribution in [0.3, 0.4) is 0 Å². The summed E-state index contributed by atoms with van der Waals surface area (Å²) in [5.41, 5.74) is 3.37. The van der Waals surface area contributed by atoms with Crippen molar-refractivity contribution in [1.29, 1.82) is 0 Å². The predicted octanol–water partition coefficient (Wildman–Crippen LogP) is 2.88. The zero-order valence-corrected chi connectivity index (χ0v) is 11.4. The van der Waals surface area contributed by atoms with Crippen LogP contribution < -0.4 is 10.6 Å². The van der Waals surface area contributed by atoms with Gasteiger partial charge in [-0.2, -0.15) is 0 Å². The Morgan fingerprint density at radius 2 is 0.950 bits per heavy atom. The van der Waals surface area contributed by atoms with Crippen molar-refractivity contribution in [2.75, 3.05) is 10.6 Å². The van der Waals surface area contributed by atoms with E-state index in [2.05, 4.69) is 10.6 Å². The van der Waals surface area contributed by atoms with Crippen molar-refractivity contribution >= 4 is 23.2 Å². The van der Waals surface area contributed by atoms with E-state index in [-0.39, 0.29) is 0 Å². The third-order valence-corrected chi connectivity index (χ3v) is 2.83. The van der Waals surface area contributed by atoms with Crippen molar-refractivity contribution < 1.29 is 9.59 Å².